The van der Waals surface area contributed by atoms with Gasteiger partial charge < -0.3 is 5.32 Å². The molecule has 0 saturated carbocycles. The first-order chi connectivity index (χ1) is 12.1. The first kappa shape index (κ1) is 17.3. The van der Waals surface area contributed by atoms with Crippen molar-refractivity contribution >= 4 is 44.9 Å². The normalized spacial score (nSPS) is 10.1. The third kappa shape index (κ3) is 4.75. The second kappa shape index (κ2) is 8.05. The largest absolute Gasteiger partial charge is 0.332 e. The Hall–Kier alpha value is -2.50. The zero-order valence-electron chi connectivity index (χ0n) is 13.2. The van der Waals surface area contributed by atoms with Crippen LogP contribution in [0.15, 0.2) is 83.3 Å². The number of thiocarbonyl (C=S) groups is 1. The van der Waals surface area contributed by atoms with E-state index in [1.54, 1.807) is 12.1 Å². The van der Waals surface area contributed by atoms with E-state index in [0.29, 0.717) is 5.56 Å². The highest BCUT2D eigenvalue weighted by atomic mass is 79.9. The Labute approximate surface area is 160 Å². The average Bonchev–Trinajstić information content (AvgIpc) is 2.63. The van der Waals surface area contributed by atoms with E-state index in [-0.39, 0.29) is 11.0 Å². The van der Waals surface area contributed by atoms with Crippen LogP contribution in [0.2, 0.25) is 0 Å². The molecule has 0 unspecified atom stereocenters. The fraction of sp³-hybridized carbons (Fsp3) is 0. The molecule has 0 aliphatic carbocycles. The summed E-state index contributed by atoms with van der Waals surface area (Å²) in [5.41, 5.74) is 3.64. The van der Waals surface area contributed by atoms with Crippen LogP contribution < -0.4 is 10.6 Å². The second-order valence-electron chi connectivity index (χ2n) is 5.36. The third-order valence-corrected chi connectivity index (χ3v) is 4.32. The maximum absolute atomic E-state index is 12.1. The van der Waals surface area contributed by atoms with Gasteiger partial charge in [-0.3, -0.25) is 10.1 Å². The fourth-order valence-electron chi connectivity index (χ4n) is 2.32. The summed E-state index contributed by atoms with van der Waals surface area (Å²) in [5, 5.41) is 5.96. The predicted octanol–water partition coefficient (Wildman–Crippen LogP) is 5.24. The van der Waals surface area contributed by atoms with Crippen LogP contribution >= 0.6 is 28.1 Å². The van der Waals surface area contributed by atoms with Crippen molar-refractivity contribution < 1.29 is 4.79 Å². The van der Waals surface area contributed by atoms with Crippen LogP contribution in [-0.4, -0.2) is 11.0 Å². The van der Waals surface area contributed by atoms with Gasteiger partial charge in [-0.25, -0.2) is 0 Å². The van der Waals surface area contributed by atoms with Crippen LogP contribution in [0.5, 0.6) is 0 Å². The van der Waals surface area contributed by atoms with Crippen molar-refractivity contribution in [2.75, 3.05) is 5.32 Å². The molecule has 0 saturated heterocycles. The molecule has 0 radical (unpaired) electrons. The van der Waals surface area contributed by atoms with Crippen LogP contribution in [0.25, 0.3) is 11.1 Å². The van der Waals surface area contributed by atoms with Crippen molar-refractivity contribution in [3.05, 3.63) is 88.9 Å². The quantitative estimate of drug-likeness (QED) is 0.579. The smallest absolute Gasteiger partial charge is 0.257 e. The fourth-order valence-corrected chi connectivity index (χ4v) is 2.79. The van der Waals surface area contributed by atoms with E-state index in [0.717, 1.165) is 21.3 Å². The standard InChI is InChI=1S/C20H15BrN2OS/c21-17-10-6-16(7-11-17)19(24)23-20(25)22-18-12-8-15(9-13-18)14-4-2-1-3-5-14/h1-13H,(H2,22,23,24,25). The van der Waals surface area contributed by atoms with Gasteiger partial charge in [-0.1, -0.05) is 58.4 Å². The average molecular weight is 411 g/mol. The van der Waals surface area contributed by atoms with Gasteiger partial charge in [0, 0.05) is 15.7 Å². The highest BCUT2D eigenvalue weighted by Gasteiger charge is 2.08. The molecule has 0 aliphatic rings. The van der Waals surface area contributed by atoms with Gasteiger partial charge in [0.15, 0.2) is 5.11 Å². The number of halogens is 1. The molecule has 0 spiro atoms. The first-order valence-corrected chi connectivity index (χ1v) is 8.85. The number of nitrogens with one attached hydrogen (secondary N) is 2. The van der Waals surface area contributed by atoms with E-state index < -0.39 is 0 Å². The van der Waals surface area contributed by atoms with Crippen molar-refractivity contribution in [1.82, 2.24) is 5.32 Å². The van der Waals surface area contributed by atoms with Gasteiger partial charge in [-0.05, 0) is 59.7 Å². The van der Waals surface area contributed by atoms with Gasteiger partial charge in [0.25, 0.3) is 5.91 Å². The molecule has 1 amide bonds. The molecule has 0 heterocycles. The van der Waals surface area contributed by atoms with Crippen LogP contribution in [0.3, 0.4) is 0 Å². The summed E-state index contributed by atoms with van der Waals surface area (Å²) in [6.45, 7) is 0. The number of amides is 1. The summed E-state index contributed by atoms with van der Waals surface area (Å²) in [4.78, 5) is 12.1. The number of benzene rings is 3. The third-order valence-electron chi connectivity index (χ3n) is 3.58. The number of hydrogen-bond acceptors (Lipinski definition) is 2. The van der Waals surface area contributed by atoms with E-state index in [9.17, 15) is 4.79 Å². The lowest BCUT2D eigenvalue weighted by molar-refractivity contribution is 0.0977. The molecule has 0 aliphatic heterocycles. The van der Waals surface area contributed by atoms with E-state index in [2.05, 4.69) is 38.7 Å². The molecule has 0 aromatic heterocycles. The Kier molecular flexibility index (Phi) is 5.58. The number of carbonyl (C=O) groups is 1. The Balaban J connectivity index is 1.61. The highest BCUT2D eigenvalue weighted by molar-refractivity contribution is 9.10. The Morgan fingerprint density at radius 2 is 1.40 bits per heavy atom. The van der Waals surface area contributed by atoms with E-state index in [1.165, 1.54) is 0 Å². The van der Waals surface area contributed by atoms with Gasteiger partial charge in [-0.15, -0.1) is 0 Å². The Morgan fingerprint density at radius 3 is 2.04 bits per heavy atom. The lowest BCUT2D eigenvalue weighted by Gasteiger charge is -2.10. The number of rotatable bonds is 3. The van der Waals surface area contributed by atoms with Gasteiger partial charge in [0.2, 0.25) is 0 Å². The van der Waals surface area contributed by atoms with Crippen LogP contribution in [0.1, 0.15) is 10.4 Å². The van der Waals surface area contributed by atoms with E-state index in [4.69, 9.17) is 12.2 Å². The summed E-state index contributed by atoms with van der Waals surface area (Å²) < 4.78 is 0.920. The van der Waals surface area contributed by atoms with Crippen molar-refractivity contribution in [3.63, 3.8) is 0 Å². The molecule has 25 heavy (non-hydrogen) atoms. The van der Waals surface area contributed by atoms with Crippen molar-refractivity contribution in [3.8, 4) is 11.1 Å². The van der Waals surface area contributed by atoms with E-state index >= 15 is 0 Å². The Morgan fingerprint density at radius 1 is 0.800 bits per heavy atom. The predicted molar refractivity (Wildman–Crippen MR) is 110 cm³/mol. The molecule has 0 atom stereocenters. The minimum absolute atomic E-state index is 0.245. The van der Waals surface area contributed by atoms with Crippen molar-refractivity contribution in [1.29, 1.82) is 0 Å². The van der Waals surface area contributed by atoms with Crippen LogP contribution in [0.4, 0.5) is 5.69 Å². The SMILES string of the molecule is O=C(NC(=S)Nc1ccc(-c2ccccc2)cc1)c1ccc(Br)cc1. The first-order valence-electron chi connectivity index (χ1n) is 7.65. The van der Waals surface area contributed by atoms with Crippen molar-refractivity contribution in [2.24, 2.45) is 0 Å². The summed E-state index contributed by atoms with van der Waals surface area (Å²) in [6, 6.07) is 25.1. The second-order valence-corrected chi connectivity index (χ2v) is 6.68. The van der Waals surface area contributed by atoms with Crippen molar-refractivity contribution in [2.45, 2.75) is 0 Å². The van der Waals surface area contributed by atoms with Gasteiger partial charge in [0.1, 0.15) is 0 Å². The lowest BCUT2D eigenvalue weighted by Crippen LogP contribution is -2.34. The summed E-state index contributed by atoms with van der Waals surface area (Å²) in [7, 11) is 0. The lowest BCUT2D eigenvalue weighted by atomic mass is 10.1. The minimum Gasteiger partial charge on any atom is -0.332 e. The number of carbonyl (C=O) groups excluding carboxylic acids is 1. The molecule has 124 valence electrons. The molecular formula is C20H15BrN2OS. The Bertz CT molecular complexity index is 878. The summed E-state index contributed by atoms with van der Waals surface area (Å²) in [6.07, 6.45) is 0. The zero-order chi connectivity index (χ0) is 17.6. The summed E-state index contributed by atoms with van der Waals surface area (Å²) >= 11 is 8.55. The molecule has 0 fully saturated rings. The molecule has 3 rings (SSSR count). The molecule has 3 nitrogen and oxygen atoms in total. The maximum Gasteiger partial charge on any atom is 0.257 e. The molecular weight excluding hydrogens is 396 g/mol. The minimum atomic E-state index is -0.245. The topological polar surface area (TPSA) is 41.1 Å². The molecule has 0 bridgehead atoms. The van der Waals surface area contributed by atoms with Crippen LogP contribution in [-0.2, 0) is 0 Å². The van der Waals surface area contributed by atoms with Crippen LogP contribution in [0, 0.1) is 0 Å². The molecule has 5 heteroatoms. The van der Waals surface area contributed by atoms with Gasteiger partial charge >= 0.3 is 0 Å². The van der Waals surface area contributed by atoms with E-state index in [1.807, 2.05) is 54.6 Å². The zero-order valence-corrected chi connectivity index (χ0v) is 15.6. The van der Waals surface area contributed by atoms with Gasteiger partial charge in [0.05, 0.1) is 0 Å². The number of hydrogen-bond donors (Lipinski definition) is 2. The molecule has 2 N–H and O–H groups in total. The highest BCUT2D eigenvalue weighted by Crippen LogP contribution is 2.21. The number of anilines is 1. The maximum atomic E-state index is 12.1. The van der Waals surface area contributed by atoms with Gasteiger partial charge in [-0.2, -0.15) is 0 Å². The monoisotopic (exact) mass is 410 g/mol. The molecule has 3 aromatic rings. The summed E-state index contributed by atoms with van der Waals surface area (Å²) in [5.74, 6) is -0.245. The molecule has 3 aromatic carbocycles.